The van der Waals surface area contributed by atoms with Gasteiger partial charge in [0.05, 0.1) is 6.61 Å². The topological polar surface area (TPSA) is 35.2 Å². The van der Waals surface area contributed by atoms with Gasteiger partial charge in [-0.15, -0.1) is 0 Å². The second kappa shape index (κ2) is 7.02. The Balaban J connectivity index is 2.58. The van der Waals surface area contributed by atoms with Crippen molar-refractivity contribution in [1.82, 2.24) is 0 Å². The number of halogens is 1. The Hall–Kier alpha value is -0.540. The van der Waals surface area contributed by atoms with Crippen LogP contribution >= 0.6 is 15.9 Å². The van der Waals surface area contributed by atoms with Crippen LogP contribution in [-0.2, 0) is 0 Å². The molecular weight excluding hydrogens is 278 g/mol. The summed E-state index contributed by atoms with van der Waals surface area (Å²) in [6.45, 7) is 7.17. The minimum atomic E-state index is 0.0393. The largest absolute Gasteiger partial charge is 0.493 e. The van der Waals surface area contributed by atoms with Gasteiger partial charge in [0.2, 0.25) is 0 Å². The maximum atomic E-state index is 5.86. The zero-order valence-corrected chi connectivity index (χ0v) is 12.5. The fourth-order valence-electron chi connectivity index (χ4n) is 1.78. The summed E-state index contributed by atoms with van der Waals surface area (Å²) in [5, 5.41) is 0. The van der Waals surface area contributed by atoms with E-state index in [0.29, 0.717) is 5.92 Å². The van der Waals surface area contributed by atoms with E-state index in [2.05, 4.69) is 29.8 Å². The molecule has 0 fully saturated rings. The van der Waals surface area contributed by atoms with Gasteiger partial charge in [0.15, 0.2) is 0 Å². The maximum absolute atomic E-state index is 5.86. The monoisotopic (exact) mass is 299 g/mol. The first kappa shape index (κ1) is 14.5. The first-order chi connectivity index (χ1) is 8.04. The van der Waals surface area contributed by atoms with Crippen LogP contribution in [0.4, 0.5) is 0 Å². The summed E-state index contributed by atoms with van der Waals surface area (Å²) in [6, 6.07) is 6.05. The Labute approximate surface area is 113 Å². The minimum absolute atomic E-state index is 0.0393. The van der Waals surface area contributed by atoms with Crippen LogP contribution in [0.15, 0.2) is 22.7 Å². The highest BCUT2D eigenvalue weighted by Crippen LogP contribution is 2.27. The molecule has 2 atom stereocenters. The lowest BCUT2D eigenvalue weighted by molar-refractivity contribution is 0.251. The second-order valence-electron chi connectivity index (χ2n) is 4.68. The van der Waals surface area contributed by atoms with Gasteiger partial charge < -0.3 is 10.5 Å². The summed E-state index contributed by atoms with van der Waals surface area (Å²) in [5.41, 5.74) is 6.97. The van der Waals surface area contributed by atoms with E-state index in [4.69, 9.17) is 10.5 Å². The van der Waals surface area contributed by atoms with Gasteiger partial charge >= 0.3 is 0 Å². The van der Waals surface area contributed by atoms with Crippen molar-refractivity contribution in [3.05, 3.63) is 28.2 Å². The molecule has 96 valence electrons. The van der Waals surface area contributed by atoms with Gasteiger partial charge in [-0.2, -0.15) is 0 Å². The van der Waals surface area contributed by atoms with Crippen LogP contribution in [0.25, 0.3) is 0 Å². The average molecular weight is 300 g/mol. The van der Waals surface area contributed by atoms with Gasteiger partial charge in [0.1, 0.15) is 5.75 Å². The molecule has 0 spiro atoms. The lowest BCUT2D eigenvalue weighted by atomic mass is 10.1. The third-order valence-electron chi connectivity index (χ3n) is 2.78. The third kappa shape index (κ3) is 4.68. The highest BCUT2D eigenvalue weighted by Gasteiger charge is 2.07. The average Bonchev–Trinajstić information content (AvgIpc) is 2.26. The summed E-state index contributed by atoms with van der Waals surface area (Å²) < 4.78 is 6.79. The van der Waals surface area contributed by atoms with E-state index in [9.17, 15) is 0 Å². The van der Waals surface area contributed by atoms with Gasteiger partial charge in [-0.05, 0) is 37.0 Å². The van der Waals surface area contributed by atoms with Crippen LogP contribution in [-0.4, -0.2) is 6.61 Å². The fraction of sp³-hybridized carbons (Fsp3) is 0.571. The van der Waals surface area contributed by atoms with Gasteiger partial charge in [-0.3, -0.25) is 0 Å². The summed E-state index contributed by atoms with van der Waals surface area (Å²) in [6.07, 6.45) is 2.41. The number of nitrogens with two attached hydrogens (primary N) is 1. The Morgan fingerprint density at radius 1 is 1.35 bits per heavy atom. The molecule has 0 aliphatic heterocycles. The minimum Gasteiger partial charge on any atom is -0.493 e. The highest BCUT2D eigenvalue weighted by molar-refractivity contribution is 9.10. The van der Waals surface area contributed by atoms with Crippen molar-refractivity contribution in [3.8, 4) is 5.75 Å². The van der Waals surface area contributed by atoms with E-state index in [-0.39, 0.29) is 6.04 Å². The van der Waals surface area contributed by atoms with E-state index in [0.717, 1.165) is 22.4 Å². The molecule has 0 aromatic heterocycles. The maximum Gasteiger partial charge on any atom is 0.120 e. The summed E-state index contributed by atoms with van der Waals surface area (Å²) >= 11 is 3.53. The van der Waals surface area contributed by atoms with Crippen molar-refractivity contribution >= 4 is 15.9 Å². The van der Waals surface area contributed by atoms with Gasteiger partial charge in [-0.1, -0.05) is 42.3 Å². The standard InChI is InChI=1S/C14H22BrNO/c1-4-5-10(2)9-17-12-6-7-13(11(3)16)14(15)8-12/h6-8,10-11H,4-5,9,16H2,1-3H3. The molecular formula is C14H22BrNO. The number of ether oxygens (including phenoxy) is 1. The van der Waals surface area contributed by atoms with E-state index in [1.807, 2.05) is 25.1 Å². The number of rotatable bonds is 6. The molecule has 0 aliphatic carbocycles. The van der Waals surface area contributed by atoms with Crippen LogP contribution in [0.1, 0.15) is 45.2 Å². The Morgan fingerprint density at radius 2 is 2.06 bits per heavy atom. The van der Waals surface area contributed by atoms with Crippen molar-refractivity contribution < 1.29 is 4.74 Å². The quantitative estimate of drug-likeness (QED) is 0.851. The second-order valence-corrected chi connectivity index (χ2v) is 5.53. The van der Waals surface area contributed by atoms with Gasteiger partial charge in [0, 0.05) is 10.5 Å². The lowest BCUT2D eigenvalue weighted by Gasteiger charge is -2.14. The molecule has 0 radical (unpaired) electrons. The normalized spacial score (nSPS) is 14.4. The predicted molar refractivity (Wildman–Crippen MR) is 76.3 cm³/mol. The number of hydrogen-bond donors (Lipinski definition) is 1. The molecule has 3 heteroatoms. The van der Waals surface area contributed by atoms with E-state index < -0.39 is 0 Å². The zero-order valence-electron chi connectivity index (χ0n) is 10.9. The lowest BCUT2D eigenvalue weighted by Crippen LogP contribution is -2.09. The third-order valence-corrected chi connectivity index (χ3v) is 3.47. The van der Waals surface area contributed by atoms with Crippen LogP contribution in [0.5, 0.6) is 5.75 Å². The van der Waals surface area contributed by atoms with E-state index >= 15 is 0 Å². The molecule has 0 heterocycles. The molecule has 0 saturated carbocycles. The molecule has 0 saturated heterocycles. The first-order valence-electron chi connectivity index (χ1n) is 6.22. The molecule has 2 N–H and O–H groups in total. The molecule has 2 nitrogen and oxygen atoms in total. The smallest absolute Gasteiger partial charge is 0.120 e. The Kier molecular flexibility index (Phi) is 6.00. The summed E-state index contributed by atoms with van der Waals surface area (Å²) in [4.78, 5) is 0. The SMILES string of the molecule is CCCC(C)COc1ccc(C(C)N)c(Br)c1. The van der Waals surface area contributed by atoms with Crippen LogP contribution in [0.3, 0.4) is 0 Å². The number of benzene rings is 1. The highest BCUT2D eigenvalue weighted by atomic mass is 79.9. The Morgan fingerprint density at radius 3 is 2.59 bits per heavy atom. The van der Waals surface area contributed by atoms with E-state index in [1.165, 1.54) is 12.8 Å². The van der Waals surface area contributed by atoms with Gasteiger partial charge in [-0.25, -0.2) is 0 Å². The number of hydrogen-bond acceptors (Lipinski definition) is 2. The molecule has 1 rings (SSSR count). The van der Waals surface area contributed by atoms with Crippen molar-refractivity contribution in [3.63, 3.8) is 0 Å². The van der Waals surface area contributed by atoms with Crippen molar-refractivity contribution in [1.29, 1.82) is 0 Å². The molecule has 0 amide bonds. The molecule has 0 aliphatic rings. The van der Waals surface area contributed by atoms with E-state index in [1.54, 1.807) is 0 Å². The fourth-order valence-corrected chi connectivity index (χ4v) is 2.50. The van der Waals surface area contributed by atoms with Crippen LogP contribution in [0, 0.1) is 5.92 Å². The molecule has 1 aromatic rings. The van der Waals surface area contributed by atoms with Crippen molar-refractivity contribution in [2.45, 2.75) is 39.7 Å². The molecule has 0 bridgehead atoms. The molecule has 1 aromatic carbocycles. The van der Waals surface area contributed by atoms with Gasteiger partial charge in [0.25, 0.3) is 0 Å². The van der Waals surface area contributed by atoms with Crippen LogP contribution < -0.4 is 10.5 Å². The summed E-state index contributed by atoms with van der Waals surface area (Å²) in [5.74, 6) is 1.51. The molecule has 2 unspecified atom stereocenters. The zero-order chi connectivity index (χ0) is 12.8. The first-order valence-corrected chi connectivity index (χ1v) is 7.01. The van der Waals surface area contributed by atoms with Crippen LogP contribution in [0.2, 0.25) is 0 Å². The Bertz CT molecular complexity index is 352. The summed E-state index contributed by atoms with van der Waals surface area (Å²) in [7, 11) is 0. The van der Waals surface area contributed by atoms with Crippen molar-refractivity contribution in [2.75, 3.05) is 6.61 Å². The van der Waals surface area contributed by atoms with Crippen molar-refractivity contribution in [2.24, 2.45) is 11.7 Å². The predicted octanol–water partition coefficient (Wildman–Crippen LogP) is 4.28. The molecule has 17 heavy (non-hydrogen) atoms.